The lowest BCUT2D eigenvalue weighted by Crippen LogP contribution is -1.95. The number of carboxylic acids is 1. The molecule has 0 aromatic carbocycles. The second-order valence-corrected chi connectivity index (χ2v) is 2.26. The minimum Gasteiger partial charge on any atom is -0.472 e. The van der Waals surface area contributed by atoms with Crippen molar-refractivity contribution in [3.63, 3.8) is 0 Å². The smallest absolute Gasteiger partial charge is 0.382 e. The number of hydrogen-bond acceptors (Lipinski definition) is 3. The third-order valence-corrected chi connectivity index (χ3v) is 1.36. The van der Waals surface area contributed by atoms with E-state index >= 15 is 0 Å². The Balaban J connectivity index is 3.23. The molecule has 0 atom stereocenters. The Hall–Kier alpha value is -2.22. The van der Waals surface area contributed by atoms with Crippen LogP contribution in [-0.2, 0) is 4.79 Å². The van der Waals surface area contributed by atoms with Crippen LogP contribution in [0, 0.1) is 17.7 Å². The Morgan fingerprint density at radius 2 is 2.29 bits per heavy atom. The monoisotopic (exact) mass is 193 g/mol. The quantitative estimate of drug-likeness (QED) is 0.520. The lowest BCUT2D eigenvalue weighted by Gasteiger charge is -1.95. The molecule has 0 saturated carbocycles. The SMILES string of the molecule is O=Cc1c(F)cncc1C#CC(=O)O. The molecule has 0 radical (unpaired) electrons. The van der Waals surface area contributed by atoms with Crippen molar-refractivity contribution in [2.45, 2.75) is 0 Å². The molecule has 14 heavy (non-hydrogen) atoms. The maximum Gasteiger partial charge on any atom is 0.382 e. The summed E-state index contributed by atoms with van der Waals surface area (Å²) in [4.78, 5) is 23.9. The Kier molecular flexibility index (Phi) is 2.92. The molecule has 1 N–H and O–H groups in total. The average Bonchev–Trinajstić information content (AvgIpc) is 2.14. The largest absolute Gasteiger partial charge is 0.472 e. The number of pyridine rings is 1. The average molecular weight is 193 g/mol. The van der Waals surface area contributed by atoms with Crippen molar-refractivity contribution < 1.29 is 19.1 Å². The van der Waals surface area contributed by atoms with Crippen molar-refractivity contribution in [1.82, 2.24) is 4.98 Å². The fraction of sp³-hybridized carbons (Fsp3) is 0. The minimum absolute atomic E-state index is 0.0394. The molecule has 1 rings (SSSR count). The molecular formula is C9H4FNO3. The number of carbonyl (C=O) groups excluding carboxylic acids is 1. The molecule has 0 fully saturated rings. The van der Waals surface area contributed by atoms with Gasteiger partial charge >= 0.3 is 5.97 Å². The molecule has 5 heteroatoms. The number of hydrogen-bond donors (Lipinski definition) is 1. The van der Waals surface area contributed by atoms with Gasteiger partial charge in [0, 0.05) is 12.1 Å². The molecule has 1 heterocycles. The van der Waals surface area contributed by atoms with E-state index < -0.39 is 11.8 Å². The van der Waals surface area contributed by atoms with Crippen LogP contribution in [0.2, 0.25) is 0 Å². The van der Waals surface area contributed by atoms with E-state index in [1.54, 1.807) is 5.92 Å². The van der Waals surface area contributed by atoms with Gasteiger partial charge in [0.2, 0.25) is 0 Å². The number of aldehydes is 1. The number of carbonyl (C=O) groups is 2. The van der Waals surface area contributed by atoms with Crippen LogP contribution in [-0.4, -0.2) is 22.3 Å². The van der Waals surface area contributed by atoms with Crippen LogP contribution in [0.1, 0.15) is 15.9 Å². The third kappa shape index (κ3) is 2.14. The van der Waals surface area contributed by atoms with Gasteiger partial charge in [-0.1, -0.05) is 5.92 Å². The number of nitrogens with zero attached hydrogens (tertiary/aromatic N) is 1. The number of aliphatic carboxylic acids is 1. The summed E-state index contributed by atoms with van der Waals surface area (Å²) in [5.74, 6) is 1.71. The number of carboxylic acid groups (broad SMARTS) is 1. The molecule has 70 valence electrons. The fourth-order valence-corrected chi connectivity index (χ4v) is 0.785. The van der Waals surface area contributed by atoms with Gasteiger partial charge in [-0.05, 0) is 0 Å². The zero-order valence-corrected chi connectivity index (χ0v) is 6.82. The first-order valence-corrected chi connectivity index (χ1v) is 3.48. The molecule has 1 aromatic heterocycles. The molecule has 0 spiro atoms. The van der Waals surface area contributed by atoms with Gasteiger partial charge in [0.25, 0.3) is 0 Å². The van der Waals surface area contributed by atoms with Crippen LogP contribution in [0.4, 0.5) is 4.39 Å². The molecule has 0 unspecified atom stereocenters. The Labute approximate surface area is 78.4 Å². The van der Waals surface area contributed by atoms with Crippen molar-refractivity contribution in [2.75, 3.05) is 0 Å². The van der Waals surface area contributed by atoms with Crippen LogP contribution < -0.4 is 0 Å². The molecule has 4 nitrogen and oxygen atoms in total. The van der Waals surface area contributed by atoms with Crippen LogP contribution >= 0.6 is 0 Å². The lowest BCUT2D eigenvalue weighted by atomic mass is 10.1. The molecule has 1 aromatic rings. The molecule has 0 aliphatic carbocycles. The maximum absolute atomic E-state index is 12.9. The molecule has 0 bridgehead atoms. The predicted octanol–water partition coefficient (Wildman–Crippen LogP) is 0.469. The van der Waals surface area contributed by atoms with Gasteiger partial charge in [0.15, 0.2) is 12.1 Å². The zero-order chi connectivity index (χ0) is 10.6. The number of halogens is 1. The first-order chi connectivity index (χ1) is 6.65. The highest BCUT2D eigenvalue weighted by molar-refractivity contribution is 5.88. The summed E-state index contributed by atoms with van der Waals surface area (Å²) in [6.07, 6.45) is 2.25. The first-order valence-electron chi connectivity index (χ1n) is 3.48. The highest BCUT2D eigenvalue weighted by Gasteiger charge is 2.05. The van der Waals surface area contributed by atoms with Gasteiger partial charge in [-0.3, -0.25) is 9.78 Å². The van der Waals surface area contributed by atoms with E-state index in [4.69, 9.17) is 5.11 Å². The molecule has 0 aliphatic heterocycles. The second-order valence-electron chi connectivity index (χ2n) is 2.26. The fourth-order valence-electron chi connectivity index (χ4n) is 0.785. The summed E-state index contributed by atoms with van der Waals surface area (Å²) < 4.78 is 12.9. The maximum atomic E-state index is 12.9. The van der Waals surface area contributed by atoms with E-state index in [0.29, 0.717) is 0 Å². The van der Waals surface area contributed by atoms with Crippen molar-refractivity contribution in [3.05, 3.63) is 29.3 Å². The summed E-state index contributed by atoms with van der Waals surface area (Å²) in [6, 6.07) is 0. The van der Waals surface area contributed by atoms with Gasteiger partial charge in [-0.15, -0.1) is 0 Å². The van der Waals surface area contributed by atoms with Crippen molar-refractivity contribution >= 4 is 12.3 Å². The Morgan fingerprint density at radius 1 is 1.57 bits per heavy atom. The predicted molar refractivity (Wildman–Crippen MR) is 44.1 cm³/mol. The van der Waals surface area contributed by atoms with Gasteiger partial charge in [-0.25, -0.2) is 9.18 Å². The van der Waals surface area contributed by atoms with Crippen molar-refractivity contribution in [3.8, 4) is 11.8 Å². The molecular weight excluding hydrogens is 189 g/mol. The third-order valence-electron chi connectivity index (χ3n) is 1.36. The number of aromatic nitrogens is 1. The van der Waals surface area contributed by atoms with Gasteiger partial charge in [0.05, 0.1) is 17.3 Å². The van der Waals surface area contributed by atoms with E-state index in [9.17, 15) is 14.0 Å². The lowest BCUT2D eigenvalue weighted by molar-refractivity contribution is -0.130. The van der Waals surface area contributed by atoms with Gasteiger partial charge in [0.1, 0.15) is 0 Å². The molecule has 0 saturated heterocycles. The summed E-state index contributed by atoms with van der Waals surface area (Å²) in [5, 5.41) is 8.23. The van der Waals surface area contributed by atoms with Gasteiger partial charge in [-0.2, -0.15) is 0 Å². The van der Waals surface area contributed by atoms with Crippen molar-refractivity contribution in [1.29, 1.82) is 0 Å². The van der Waals surface area contributed by atoms with Crippen LogP contribution in [0.5, 0.6) is 0 Å². The summed E-state index contributed by atoms with van der Waals surface area (Å²) in [7, 11) is 0. The molecule has 0 aliphatic rings. The number of rotatable bonds is 1. The minimum atomic E-state index is -1.36. The first kappa shape index (κ1) is 9.86. The summed E-state index contributed by atoms with van der Waals surface area (Å²) in [5.41, 5.74) is -0.323. The Bertz CT molecular complexity index is 445. The standard InChI is InChI=1S/C9H4FNO3/c10-8-4-11-3-6(7(8)5-12)1-2-9(13)14/h3-5H,(H,13,14). The van der Waals surface area contributed by atoms with E-state index in [0.717, 1.165) is 12.4 Å². The van der Waals surface area contributed by atoms with E-state index in [-0.39, 0.29) is 17.4 Å². The van der Waals surface area contributed by atoms with Gasteiger partial charge < -0.3 is 5.11 Å². The summed E-state index contributed by atoms with van der Waals surface area (Å²) >= 11 is 0. The normalized spacial score (nSPS) is 8.64. The topological polar surface area (TPSA) is 67.3 Å². The highest BCUT2D eigenvalue weighted by atomic mass is 19.1. The zero-order valence-electron chi connectivity index (χ0n) is 6.82. The summed E-state index contributed by atoms with van der Waals surface area (Å²) in [6.45, 7) is 0. The second kappa shape index (κ2) is 4.14. The van der Waals surface area contributed by atoms with Crippen LogP contribution in [0.15, 0.2) is 12.4 Å². The molecule has 0 amide bonds. The van der Waals surface area contributed by atoms with E-state index in [1.807, 2.05) is 0 Å². The van der Waals surface area contributed by atoms with E-state index in [1.165, 1.54) is 0 Å². The van der Waals surface area contributed by atoms with Crippen LogP contribution in [0.25, 0.3) is 0 Å². The Morgan fingerprint density at radius 3 is 2.86 bits per heavy atom. The highest BCUT2D eigenvalue weighted by Crippen LogP contribution is 2.07. The van der Waals surface area contributed by atoms with Crippen LogP contribution in [0.3, 0.4) is 0 Å². The van der Waals surface area contributed by atoms with Crippen molar-refractivity contribution in [2.24, 2.45) is 0 Å². The van der Waals surface area contributed by atoms with E-state index in [2.05, 4.69) is 10.9 Å².